The number of anilines is 1. The van der Waals surface area contributed by atoms with E-state index in [2.05, 4.69) is 15.2 Å². The van der Waals surface area contributed by atoms with Crippen LogP contribution in [0.4, 0.5) is 9.52 Å². The molecule has 0 saturated carbocycles. The van der Waals surface area contributed by atoms with Gasteiger partial charge in [-0.2, -0.15) is 0 Å². The van der Waals surface area contributed by atoms with Crippen LogP contribution in [0, 0.1) is 19.7 Å². The highest BCUT2D eigenvalue weighted by Gasteiger charge is 2.35. The van der Waals surface area contributed by atoms with Crippen molar-refractivity contribution in [3.05, 3.63) is 45.7 Å². The van der Waals surface area contributed by atoms with E-state index >= 15 is 4.39 Å². The fraction of sp³-hybridized carbons (Fsp3) is 0.541. The molecular weight excluding hydrogens is 646 g/mol. The number of carboxylic acid groups (broad SMARTS) is 1. The van der Waals surface area contributed by atoms with E-state index in [0.717, 1.165) is 91.7 Å². The van der Waals surface area contributed by atoms with Gasteiger partial charge >= 0.3 is 5.97 Å². The number of nitrogens with zero attached hydrogens (tertiary/aromatic N) is 5. The number of pyridine rings is 1. The lowest BCUT2D eigenvalue weighted by Gasteiger charge is -2.40. The first-order valence-electron chi connectivity index (χ1n) is 17.3. The average molecular weight is 692 g/mol. The third kappa shape index (κ3) is 6.44. The van der Waals surface area contributed by atoms with Gasteiger partial charge in [0.05, 0.1) is 17.9 Å². The molecule has 7 rings (SSSR count). The Hall–Kier alpha value is -3.58. The largest absolute Gasteiger partial charge is 0.490 e. The Morgan fingerprint density at radius 2 is 1.84 bits per heavy atom. The van der Waals surface area contributed by atoms with Crippen molar-refractivity contribution in [1.29, 1.82) is 0 Å². The molecule has 0 radical (unpaired) electrons. The number of aryl methyl sites for hydroxylation is 2. The molecule has 2 fully saturated rings. The molecule has 3 aliphatic rings. The lowest BCUT2D eigenvalue weighted by Crippen LogP contribution is -2.51. The van der Waals surface area contributed by atoms with Gasteiger partial charge in [0.2, 0.25) is 0 Å². The number of hydrogen-bond donors (Lipinski definition) is 1. The second kappa shape index (κ2) is 13.3. The zero-order valence-electron chi connectivity index (χ0n) is 29.3. The van der Waals surface area contributed by atoms with Gasteiger partial charge in [-0.25, -0.2) is 19.2 Å². The molecule has 0 aliphatic carbocycles. The summed E-state index contributed by atoms with van der Waals surface area (Å²) in [6.45, 7) is 15.3. The van der Waals surface area contributed by atoms with Crippen LogP contribution in [0.2, 0.25) is 0 Å². The van der Waals surface area contributed by atoms with Gasteiger partial charge in [0.25, 0.3) is 0 Å². The van der Waals surface area contributed by atoms with Gasteiger partial charge in [-0.3, -0.25) is 4.90 Å². The van der Waals surface area contributed by atoms with Crippen LogP contribution in [-0.2, 0) is 27.7 Å². The normalized spacial score (nSPS) is 18.5. The molecule has 262 valence electrons. The summed E-state index contributed by atoms with van der Waals surface area (Å²) in [5, 5.41) is 14.3. The molecule has 49 heavy (non-hydrogen) atoms. The van der Waals surface area contributed by atoms with Crippen LogP contribution >= 0.6 is 11.3 Å². The van der Waals surface area contributed by atoms with E-state index in [9.17, 15) is 9.90 Å². The number of hydrogen-bond acceptors (Lipinski definition) is 9. The molecule has 0 unspecified atom stereocenters. The predicted molar refractivity (Wildman–Crippen MR) is 189 cm³/mol. The third-order valence-electron chi connectivity index (χ3n) is 10.1. The lowest BCUT2D eigenvalue weighted by molar-refractivity contribution is -0.160. The zero-order chi connectivity index (χ0) is 34.6. The molecule has 1 aromatic carbocycles. The maximum Gasteiger partial charge on any atom is 0.337 e. The quantitative estimate of drug-likeness (QED) is 0.227. The predicted octanol–water partition coefficient (Wildman–Crippen LogP) is 6.69. The van der Waals surface area contributed by atoms with E-state index in [0.29, 0.717) is 47.1 Å². The van der Waals surface area contributed by atoms with Crippen LogP contribution in [0.1, 0.15) is 68.5 Å². The summed E-state index contributed by atoms with van der Waals surface area (Å²) in [6.07, 6.45) is 2.34. The van der Waals surface area contributed by atoms with Gasteiger partial charge in [-0.05, 0) is 83.6 Å². The SMILES string of the molecule is Cc1nc2c(cc(-c3csc(N4CCN(C5CCOCC5)CC4)n3)n2C)c(-c2cc(F)c3c(c2C)CCCO3)c1[C@H](OC(C)(C)C)C(=O)O. The number of aromatic nitrogens is 3. The van der Waals surface area contributed by atoms with Gasteiger partial charge in [-0.1, -0.05) is 0 Å². The number of fused-ring (bicyclic) bond motifs is 2. The van der Waals surface area contributed by atoms with Crippen LogP contribution in [0.5, 0.6) is 5.75 Å². The number of thiazole rings is 1. The van der Waals surface area contributed by atoms with Crippen molar-refractivity contribution in [2.75, 3.05) is 50.9 Å². The van der Waals surface area contributed by atoms with E-state index in [4.69, 9.17) is 24.2 Å². The minimum absolute atomic E-state index is 0.286. The van der Waals surface area contributed by atoms with Gasteiger partial charge in [0.15, 0.2) is 22.8 Å². The molecule has 12 heteroatoms. The maximum atomic E-state index is 15.8. The Balaban J connectivity index is 1.33. The summed E-state index contributed by atoms with van der Waals surface area (Å²) >= 11 is 1.63. The molecule has 3 aliphatic heterocycles. The average Bonchev–Trinajstić information content (AvgIpc) is 3.70. The van der Waals surface area contributed by atoms with Gasteiger partial charge in [0.1, 0.15) is 11.3 Å². The second-order valence-corrected chi connectivity index (χ2v) is 15.3. The molecule has 4 aromatic rings. The fourth-order valence-corrected chi connectivity index (χ4v) is 8.55. The molecule has 10 nitrogen and oxygen atoms in total. The van der Waals surface area contributed by atoms with Crippen LogP contribution in [0.25, 0.3) is 33.5 Å². The first-order chi connectivity index (χ1) is 23.4. The number of piperazine rings is 1. The summed E-state index contributed by atoms with van der Waals surface area (Å²) in [7, 11) is 1.95. The second-order valence-electron chi connectivity index (χ2n) is 14.4. The number of aliphatic carboxylic acids is 1. The molecule has 1 N–H and O–H groups in total. The first kappa shape index (κ1) is 33.9. The van der Waals surface area contributed by atoms with Crippen LogP contribution in [0.3, 0.4) is 0 Å². The van der Waals surface area contributed by atoms with Crippen molar-refractivity contribution in [2.45, 2.75) is 78.0 Å². The van der Waals surface area contributed by atoms with Crippen LogP contribution in [-0.4, -0.2) is 88.2 Å². The summed E-state index contributed by atoms with van der Waals surface area (Å²) in [5.74, 6) is -1.30. The summed E-state index contributed by atoms with van der Waals surface area (Å²) in [5.41, 5.74) is 5.43. The van der Waals surface area contributed by atoms with Crippen molar-refractivity contribution in [3.8, 4) is 28.3 Å². The minimum Gasteiger partial charge on any atom is -0.490 e. The van der Waals surface area contributed by atoms with Crippen molar-refractivity contribution >= 4 is 33.5 Å². The number of carboxylic acids is 1. The van der Waals surface area contributed by atoms with Crippen LogP contribution < -0.4 is 9.64 Å². The number of rotatable bonds is 7. The van der Waals surface area contributed by atoms with Gasteiger partial charge in [0, 0.05) is 85.6 Å². The zero-order valence-corrected chi connectivity index (χ0v) is 30.1. The minimum atomic E-state index is -1.32. The Morgan fingerprint density at radius 3 is 2.53 bits per heavy atom. The summed E-state index contributed by atoms with van der Waals surface area (Å²) in [6, 6.07) is 4.11. The fourth-order valence-electron chi connectivity index (χ4n) is 7.67. The molecule has 1 atom stereocenters. The van der Waals surface area contributed by atoms with Crippen molar-refractivity contribution in [3.63, 3.8) is 0 Å². The van der Waals surface area contributed by atoms with Gasteiger partial charge in [-0.15, -0.1) is 11.3 Å². The van der Waals surface area contributed by atoms with E-state index in [1.807, 2.05) is 45.4 Å². The highest BCUT2D eigenvalue weighted by molar-refractivity contribution is 7.14. The number of ether oxygens (including phenoxy) is 3. The maximum absolute atomic E-state index is 15.8. The Morgan fingerprint density at radius 1 is 1.10 bits per heavy atom. The summed E-state index contributed by atoms with van der Waals surface area (Å²) < 4.78 is 35.3. The monoisotopic (exact) mass is 691 g/mol. The van der Waals surface area contributed by atoms with E-state index < -0.39 is 23.5 Å². The number of carbonyl (C=O) groups is 1. The van der Waals surface area contributed by atoms with E-state index in [1.54, 1.807) is 18.3 Å². The Labute approximate surface area is 290 Å². The Bertz CT molecular complexity index is 1880. The smallest absolute Gasteiger partial charge is 0.337 e. The number of benzene rings is 1. The Kier molecular flexibility index (Phi) is 9.18. The van der Waals surface area contributed by atoms with Crippen molar-refractivity contribution in [2.24, 2.45) is 7.05 Å². The molecule has 6 heterocycles. The van der Waals surface area contributed by atoms with Gasteiger partial charge < -0.3 is 28.8 Å². The third-order valence-corrected chi connectivity index (χ3v) is 11.0. The lowest BCUT2D eigenvalue weighted by atomic mass is 9.86. The molecule has 0 spiro atoms. The molecule has 2 saturated heterocycles. The first-order valence-corrected chi connectivity index (χ1v) is 18.2. The van der Waals surface area contributed by atoms with Crippen LogP contribution in [0.15, 0.2) is 17.5 Å². The highest BCUT2D eigenvalue weighted by Crippen LogP contribution is 2.46. The molecule has 3 aromatic heterocycles. The highest BCUT2D eigenvalue weighted by atomic mass is 32.1. The number of halogens is 1. The standard InChI is InChI=1S/C37H46FN5O5S/c1-21-24-8-7-15-47-32(24)27(38)18-25(21)31-26-19-29(41(6)34(26)39-22(2)30(31)33(35(44)45)48-37(3,4)5)28-20-49-36(40-28)43-13-11-42(12-14-43)23-9-16-46-17-10-23/h18-20,23,33H,7-17H2,1-6H3,(H,44,45)/t33-/m0/s1. The molecular formula is C37H46FN5O5S. The topological polar surface area (TPSA) is 102 Å². The van der Waals surface area contributed by atoms with Crippen molar-refractivity contribution in [1.82, 2.24) is 19.4 Å². The molecule has 0 amide bonds. The van der Waals surface area contributed by atoms with Crippen molar-refractivity contribution < 1.29 is 28.5 Å². The van der Waals surface area contributed by atoms with E-state index in [-0.39, 0.29) is 5.75 Å². The van der Waals surface area contributed by atoms with E-state index in [1.165, 1.54) is 6.07 Å². The summed E-state index contributed by atoms with van der Waals surface area (Å²) in [4.78, 5) is 28.0. The molecule has 0 bridgehead atoms.